The van der Waals surface area contributed by atoms with Gasteiger partial charge in [0, 0.05) is 25.1 Å². The van der Waals surface area contributed by atoms with Crippen molar-refractivity contribution in [2.45, 2.75) is 12.8 Å². The Morgan fingerprint density at radius 1 is 1.58 bits per heavy atom. The fraction of sp³-hybridized carbons (Fsp3) is 0.600. The molecule has 0 spiro atoms. The summed E-state index contributed by atoms with van der Waals surface area (Å²) in [6, 6.07) is 1.27. The fourth-order valence-corrected chi connectivity index (χ4v) is 1.78. The lowest BCUT2D eigenvalue weighted by Gasteiger charge is -2.21. The first-order valence-corrected chi connectivity index (χ1v) is 6.36. The molecule has 0 unspecified atom stereocenters. The minimum absolute atomic E-state index is 0.0786. The minimum Gasteiger partial charge on any atom is -0.377 e. The van der Waals surface area contributed by atoms with E-state index in [2.05, 4.69) is 21.1 Å². The van der Waals surface area contributed by atoms with Crippen LogP contribution in [0.15, 0.2) is 10.6 Å². The number of carbonyl (C=O) groups is 1. The molecule has 0 bridgehead atoms. The van der Waals surface area contributed by atoms with Crippen molar-refractivity contribution in [1.29, 1.82) is 0 Å². The van der Waals surface area contributed by atoms with Crippen LogP contribution in [0.5, 0.6) is 0 Å². The molecular weight excluding hydrogens is 333 g/mol. The molecule has 0 radical (unpaired) electrons. The molecule has 0 aliphatic rings. The van der Waals surface area contributed by atoms with Crippen molar-refractivity contribution in [3.63, 3.8) is 0 Å². The molecule has 0 aliphatic heterocycles. The number of ether oxygens (including phenoxy) is 1. The number of carbonyl (C=O) groups excluding carboxylic acids is 1. The van der Waals surface area contributed by atoms with Crippen LogP contribution in [-0.2, 0) is 11.3 Å². The maximum absolute atomic E-state index is 12.4. The Morgan fingerprint density at radius 3 is 2.79 bits per heavy atom. The average molecular weight is 345 g/mol. The maximum atomic E-state index is 12.4. The predicted octanol–water partition coefficient (Wildman–Crippen LogP) is 2.22. The summed E-state index contributed by atoms with van der Waals surface area (Å²) < 4.78 is 46.6. The zero-order valence-electron chi connectivity index (χ0n) is 10.0. The Morgan fingerprint density at radius 2 is 2.26 bits per heavy atom. The summed E-state index contributed by atoms with van der Waals surface area (Å²) in [5, 5.41) is 3.67. The summed E-state index contributed by atoms with van der Waals surface area (Å²) in [4.78, 5) is 12.5. The van der Waals surface area contributed by atoms with E-state index < -0.39 is 18.6 Å². The molecule has 1 aromatic heterocycles. The zero-order valence-corrected chi connectivity index (χ0v) is 11.6. The summed E-state index contributed by atoms with van der Waals surface area (Å²) in [6.45, 7) is -1.31. The maximum Gasteiger partial charge on any atom is 0.406 e. The SMILES string of the molecule is COCc1cc(C(=O)N(CCBr)CC(F)(F)F)no1. The van der Waals surface area contributed by atoms with Crippen LogP contribution in [0.25, 0.3) is 0 Å². The van der Waals surface area contributed by atoms with Gasteiger partial charge in [0.15, 0.2) is 11.5 Å². The molecule has 0 aliphatic carbocycles. The Kier molecular flexibility index (Phi) is 5.80. The van der Waals surface area contributed by atoms with Crippen LogP contribution in [0, 0.1) is 0 Å². The molecule has 0 aromatic carbocycles. The first-order valence-electron chi connectivity index (χ1n) is 5.24. The fourth-order valence-electron chi connectivity index (χ4n) is 1.36. The number of hydrogen-bond acceptors (Lipinski definition) is 4. The monoisotopic (exact) mass is 344 g/mol. The number of aromatic nitrogens is 1. The van der Waals surface area contributed by atoms with Crippen molar-refractivity contribution in [3.8, 4) is 0 Å². The smallest absolute Gasteiger partial charge is 0.377 e. The second kappa shape index (κ2) is 6.90. The van der Waals surface area contributed by atoms with Gasteiger partial charge < -0.3 is 14.2 Å². The highest BCUT2D eigenvalue weighted by molar-refractivity contribution is 9.09. The van der Waals surface area contributed by atoms with Crippen LogP contribution >= 0.6 is 15.9 Å². The Bertz CT molecular complexity index is 422. The van der Waals surface area contributed by atoms with Crippen molar-refractivity contribution >= 4 is 21.8 Å². The van der Waals surface area contributed by atoms with E-state index in [1.165, 1.54) is 13.2 Å². The molecule has 1 amide bonds. The van der Waals surface area contributed by atoms with E-state index in [0.717, 1.165) is 0 Å². The lowest BCUT2D eigenvalue weighted by Crippen LogP contribution is -2.40. The van der Waals surface area contributed by atoms with Gasteiger partial charge in [0.05, 0.1) is 0 Å². The summed E-state index contributed by atoms with van der Waals surface area (Å²) in [7, 11) is 1.42. The van der Waals surface area contributed by atoms with Crippen molar-refractivity contribution in [2.75, 3.05) is 25.5 Å². The molecule has 19 heavy (non-hydrogen) atoms. The van der Waals surface area contributed by atoms with E-state index in [0.29, 0.717) is 4.90 Å². The van der Waals surface area contributed by atoms with Gasteiger partial charge in [-0.05, 0) is 0 Å². The molecule has 108 valence electrons. The molecule has 1 aromatic rings. The third-order valence-electron chi connectivity index (χ3n) is 2.08. The molecule has 0 saturated carbocycles. The van der Waals surface area contributed by atoms with E-state index in [4.69, 9.17) is 9.26 Å². The number of nitrogens with zero attached hydrogens (tertiary/aromatic N) is 2. The highest BCUT2D eigenvalue weighted by atomic mass is 79.9. The van der Waals surface area contributed by atoms with Gasteiger partial charge in [0.2, 0.25) is 0 Å². The van der Waals surface area contributed by atoms with Gasteiger partial charge in [-0.15, -0.1) is 0 Å². The minimum atomic E-state index is -4.46. The average Bonchev–Trinajstić information content (AvgIpc) is 2.75. The van der Waals surface area contributed by atoms with Crippen molar-refractivity contribution in [3.05, 3.63) is 17.5 Å². The van der Waals surface area contributed by atoms with Crippen LogP contribution in [0.2, 0.25) is 0 Å². The molecule has 5 nitrogen and oxygen atoms in total. The van der Waals surface area contributed by atoms with Crippen molar-refractivity contribution in [2.24, 2.45) is 0 Å². The number of amides is 1. The van der Waals surface area contributed by atoms with E-state index in [-0.39, 0.29) is 29.9 Å². The van der Waals surface area contributed by atoms with Crippen molar-refractivity contribution in [1.82, 2.24) is 10.1 Å². The quantitative estimate of drug-likeness (QED) is 0.742. The lowest BCUT2D eigenvalue weighted by atomic mass is 10.3. The number of alkyl halides is 4. The van der Waals surface area contributed by atoms with Gasteiger partial charge in [-0.25, -0.2) is 0 Å². The highest BCUT2D eigenvalue weighted by Crippen LogP contribution is 2.18. The topological polar surface area (TPSA) is 55.6 Å². The highest BCUT2D eigenvalue weighted by Gasteiger charge is 2.33. The second-order valence-electron chi connectivity index (χ2n) is 3.64. The van der Waals surface area contributed by atoms with Gasteiger partial charge in [-0.2, -0.15) is 13.2 Å². The molecule has 0 fully saturated rings. The predicted molar refractivity (Wildman–Crippen MR) is 63.0 cm³/mol. The molecule has 0 atom stereocenters. The standard InChI is InChI=1S/C10H12BrF3N2O3/c1-18-5-7-4-8(15-19-7)9(17)16(3-2-11)6-10(12,13)14/h4H,2-3,5-6H2,1H3. The van der Waals surface area contributed by atoms with Crippen LogP contribution in [-0.4, -0.2) is 47.7 Å². The molecule has 0 N–H and O–H groups in total. The first kappa shape index (κ1) is 16.0. The molecule has 1 rings (SSSR count). The van der Waals surface area contributed by atoms with Gasteiger partial charge in [0.1, 0.15) is 13.2 Å². The molecule has 9 heteroatoms. The van der Waals surface area contributed by atoms with E-state index in [9.17, 15) is 18.0 Å². The third-order valence-corrected chi connectivity index (χ3v) is 2.43. The summed E-state index contributed by atoms with van der Waals surface area (Å²) in [6.07, 6.45) is -4.46. The number of hydrogen-bond donors (Lipinski definition) is 0. The molecular formula is C10H12BrF3N2O3. The first-order chi connectivity index (χ1) is 8.87. The normalized spacial score (nSPS) is 11.6. The second-order valence-corrected chi connectivity index (χ2v) is 4.44. The van der Waals surface area contributed by atoms with E-state index in [1.807, 2.05) is 0 Å². The summed E-state index contributed by atoms with van der Waals surface area (Å²) in [5.41, 5.74) is -0.169. The Labute approximate surface area is 115 Å². The van der Waals surface area contributed by atoms with Crippen LogP contribution in [0.3, 0.4) is 0 Å². The van der Waals surface area contributed by atoms with E-state index >= 15 is 0 Å². The Balaban J connectivity index is 2.79. The zero-order chi connectivity index (χ0) is 14.5. The summed E-state index contributed by atoms with van der Waals surface area (Å²) >= 11 is 3.00. The third kappa shape index (κ3) is 5.19. The number of methoxy groups -OCH3 is 1. The largest absolute Gasteiger partial charge is 0.406 e. The van der Waals surface area contributed by atoms with Crippen LogP contribution < -0.4 is 0 Å². The lowest BCUT2D eigenvalue weighted by molar-refractivity contribution is -0.140. The number of rotatable bonds is 6. The molecule has 0 saturated heterocycles. The van der Waals surface area contributed by atoms with Gasteiger partial charge in [-0.1, -0.05) is 21.1 Å². The number of halogens is 4. The van der Waals surface area contributed by atoms with Gasteiger partial charge in [-0.3, -0.25) is 4.79 Å². The Hall–Kier alpha value is -1.09. The van der Waals surface area contributed by atoms with E-state index in [1.54, 1.807) is 0 Å². The molecule has 1 heterocycles. The summed E-state index contributed by atoms with van der Waals surface area (Å²) in [5.74, 6) is -0.556. The van der Waals surface area contributed by atoms with Gasteiger partial charge >= 0.3 is 6.18 Å². The van der Waals surface area contributed by atoms with Crippen molar-refractivity contribution < 1.29 is 27.2 Å². The van der Waals surface area contributed by atoms with Gasteiger partial charge in [0.25, 0.3) is 5.91 Å². The van der Waals surface area contributed by atoms with Crippen LogP contribution in [0.1, 0.15) is 16.2 Å². The van der Waals surface area contributed by atoms with Crippen LogP contribution in [0.4, 0.5) is 13.2 Å².